The number of hydrogen-bond donors (Lipinski definition) is 0. The molecule has 0 aliphatic carbocycles. The quantitative estimate of drug-likeness (QED) is 0.569. The van der Waals surface area contributed by atoms with Crippen molar-refractivity contribution >= 4 is 11.8 Å². The van der Waals surface area contributed by atoms with Gasteiger partial charge in [0.1, 0.15) is 6.33 Å². The zero-order chi connectivity index (χ0) is 25.9. The summed E-state index contributed by atoms with van der Waals surface area (Å²) in [6, 6.07) is 10.9. The van der Waals surface area contributed by atoms with Crippen LogP contribution in [0.15, 0.2) is 48.4 Å². The molecule has 37 heavy (non-hydrogen) atoms. The van der Waals surface area contributed by atoms with Gasteiger partial charge in [0, 0.05) is 51.3 Å². The third-order valence-corrected chi connectivity index (χ3v) is 8.60. The molecule has 7 heteroatoms. The molecule has 0 spiro atoms. The first kappa shape index (κ1) is 25.6. The fourth-order valence-electron chi connectivity index (χ4n) is 6.52. The zero-order valence-corrected chi connectivity index (χ0v) is 22.4. The van der Waals surface area contributed by atoms with Gasteiger partial charge in [0.25, 0.3) is 5.91 Å². The molecule has 2 atom stereocenters. The van der Waals surface area contributed by atoms with Crippen LogP contribution in [-0.2, 0) is 4.79 Å². The van der Waals surface area contributed by atoms with Crippen molar-refractivity contribution in [3.05, 3.63) is 70.9 Å². The molecule has 2 amide bonds. The Hall–Kier alpha value is -3.06. The van der Waals surface area contributed by atoms with E-state index in [9.17, 15) is 9.59 Å². The lowest BCUT2D eigenvalue weighted by molar-refractivity contribution is -0.132. The lowest BCUT2D eigenvalue weighted by Crippen LogP contribution is -2.39. The average Bonchev–Trinajstić information content (AvgIpc) is 3.48. The topological polar surface area (TPSA) is 69.6 Å². The van der Waals surface area contributed by atoms with Gasteiger partial charge in [-0.15, -0.1) is 0 Å². The van der Waals surface area contributed by atoms with Crippen LogP contribution in [0.2, 0.25) is 0 Å². The number of fused-ring (bicyclic) bond motifs is 1. The normalized spacial score (nSPS) is 21.2. The summed E-state index contributed by atoms with van der Waals surface area (Å²) in [4.78, 5) is 40.3. The Morgan fingerprint density at radius 1 is 1.03 bits per heavy atom. The maximum absolute atomic E-state index is 13.2. The van der Waals surface area contributed by atoms with E-state index in [0.717, 1.165) is 69.9 Å². The summed E-state index contributed by atoms with van der Waals surface area (Å²) in [5.74, 6) is 1.83. The van der Waals surface area contributed by atoms with Crippen molar-refractivity contribution in [1.82, 2.24) is 24.7 Å². The largest absolute Gasteiger partial charge is 0.343 e. The van der Waals surface area contributed by atoms with E-state index < -0.39 is 0 Å². The van der Waals surface area contributed by atoms with Crippen LogP contribution in [0.3, 0.4) is 0 Å². The highest BCUT2D eigenvalue weighted by molar-refractivity contribution is 5.97. The second kappa shape index (κ2) is 11.1. The summed E-state index contributed by atoms with van der Waals surface area (Å²) in [7, 11) is 0. The summed E-state index contributed by atoms with van der Waals surface area (Å²) in [6.07, 6.45) is 7.48. The van der Waals surface area contributed by atoms with Crippen LogP contribution < -0.4 is 0 Å². The van der Waals surface area contributed by atoms with Crippen molar-refractivity contribution in [2.24, 2.45) is 11.8 Å². The lowest BCUT2D eigenvalue weighted by Gasteiger charge is -2.37. The molecule has 1 aromatic heterocycles. The zero-order valence-electron chi connectivity index (χ0n) is 22.4. The van der Waals surface area contributed by atoms with Gasteiger partial charge in [-0.2, -0.15) is 0 Å². The van der Waals surface area contributed by atoms with E-state index >= 15 is 0 Å². The van der Waals surface area contributed by atoms with Crippen LogP contribution in [0.25, 0.3) is 0 Å². The van der Waals surface area contributed by atoms with E-state index in [2.05, 4.69) is 51.4 Å². The molecule has 2 fully saturated rings. The van der Waals surface area contributed by atoms with Gasteiger partial charge >= 0.3 is 0 Å². The molecule has 7 nitrogen and oxygen atoms in total. The summed E-state index contributed by atoms with van der Waals surface area (Å²) < 4.78 is 0. The van der Waals surface area contributed by atoms with E-state index in [-0.39, 0.29) is 11.8 Å². The molecule has 5 rings (SSSR count). The fourth-order valence-corrected chi connectivity index (χ4v) is 6.52. The van der Waals surface area contributed by atoms with Crippen molar-refractivity contribution in [2.45, 2.75) is 52.4 Å². The molecule has 1 aromatic carbocycles. The van der Waals surface area contributed by atoms with E-state index in [1.165, 1.54) is 17.5 Å². The van der Waals surface area contributed by atoms with Gasteiger partial charge in [-0.05, 0) is 62.6 Å². The number of aromatic nitrogens is 2. The van der Waals surface area contributed by atoms with E-state index in [0.29, 0.717) is 29.7 Å². The highest BCUT2D eigenvalue weighted by atomic mass is 16.2. The second-order valence-electron chi connectivity index (χ2n) is 10.9. The Kier molecular flexibility index (Phi) is 7.70. The van der Waals surface area contributed by atoms with Crippen molar-refractivity contribution in [3.8, 4) is 0 Å². The molecule has 2 unspecified atom stereocenters. The van der Waals surface area contributed by atoms with Crippen molar-refractivity contribution in [2.75, 3.05) is 39.3 Å². The predicted octanol–water partition coefficient (Wildman–Crippen LogP) is 4.19. The van der Waals surface area contributed by atoms with E-state index in [1.807, 2.05) is 30.6 Å². The fraction of sp³-hybridized carbons (Fsp3) is 0.533. The van der Waals surface area contributed by atoms with Gasteiger partial charge < -0.3 is 9.80 Å². The van der Waals surface area contributed by atoms with Crippen LogP contribution in [0, 0.1) is 25.7 Å². The first-order valence-corrected chi connectivity index (χ1v) is 13.8. The standard InChI is InChI=1S/C30H39N5O2/c1-4-28(36)34-14-10-24(11-15-34)27(23-8-6-5-7-9-23)12-13-33-16-25-18-35(19-26(25)17-33)30(37)29-21(2)31-20-32-22(29)3/h5-9,18,20,24,26-27H,4,10-17,19H2,1-3H3. The lowest BCUT2D eigenvalue weighted by atomic mass is 9.78. The van der Waals surface area contributed by atoms with Crippen LogP contribution in [0.5, 0.6) is 0 Å². The number of piperidine rings is 1. The van der Waals surface area contributed by atoms with Crippen molar-refractivity contribution in [1.29, 1.82) is 0 Å². The molecule has 0 bridgehead atoms. The third kappa shape index (κ3) is 5.47. The number of carbonyl (C=O) groups excluding carboxylic acids is 2. The van der Waals surface area contributed by atoms with Gasteiger partial charge in [-0.1, -0.05) is 37.3 Å². The van der Waals surface area contributed by atoms with Crippen molar-refractivity contribution < 1.29 is 9.59 Å². The van der Waals surface area contributed by atoms with Gasteiger partial charge in [-0.25, -0.2) is 9.97 Å². The van der Waals surface area contributed by atoms with Crippen LogP contribution >= 0.6 is 0 Å². The molecule has 0 N–H and O–H groups in total. The molecule has 0 radical (unpaired) electrons. The molecule has 4 heterocycles. The van der Waals surface area contributed by atoms with Crippen LogP contribution in [0.4, 0.5) is 0 Å². The Morgan fingerprint density at radius 2 is 1.73 bits per heavy atom. The average molecular weight is 502 g/mol. The molecule has 196 valence electrons. The number of rotatable bonds is 7. The third-order valence-electron chi connectivity index (χ3n) is 8.60. The monoisotopic (exact) mass is 501 g/mol. The molecular weight excluding hydrogens is 462 g/mol. The molecule has 3 aliphatic rings. The Morgan fingerprint density at radius 3 is 2.38 bits per heavy atom. The molecular formula is C30H39N5O2. The number of amides is 2. The van der Waals surface area contributed by atoms with Gasteiger partial charge in [0.15, 0.2) is 0 Å². The number of hydrogen-bond acceptors (Lipinski definition) is 5. The first-order chi connectivity index (χ1) is 17.9. The number of carbonyl (C=O) groups is 2. The van der Waals surface area contributed by atoms with Gasteiger partial charge in [0.05, 0.1) is 17.0 Å². The van der Waals surface area contributed by atoms with Gasteiger partial charge in [-0.3, -0.25) is 14.5 Å². The van der Waals surface area contributed by atoms with E-state index in [1.54, 1.807) is 0 Å². The first-order valence-electron chi connectivity index (χ1n) is 13.8. The smallest absolute Gasteiger partial charge is 0.261 e. The Bertz CT molecular complexity index is 1140. The maximum atomic E-state index is 13.2. The highest BCUT2D eigenvalue weighted by Crippen LogP contribution is 2.37. The number of nitrogens with zero attached hydrogens (tertiary/aromatic N) is 5. The number of likely N-dealkylation sites (tertiary alicyclic amines) is 2. The summed E-state index contributed by atoms with van der Waals surface area (Å²) in [5.41, 5.74) is 4.91. The SMILES string of the molecule is CCC(=O)N1CCC(C(CCN2CC3=CN(C(=O)c4c(C)ncnc4C)CC3C2)c2ccccc2)CC1. The predicted molar refractivity (Wildman–Crippen MR) is 144 cm³/mol. The van der Waals surface area contributed by atoms with Crippen LogP contribution in [-0.4, -0.2) is 75.8 Å². The Balaban J connectivity index is 1.21. The molecule has 3 aliphatic heterocycles. The second-order valence-corrected chi connectivity index (χ2v) is 10.9. The molecule has 0 saturated carbocycles. The number of benzene rings is 1. The highest BCUT2D eigenvalue weighted by Gasteiger charge is 2.37. The molecule has 2 saturated heterocycles. The minimum absolute atomic E-state index is 0.0149. The minimum Gasteiger partial charge on any atom is -0.343 e. The summed E-state index contributed by atoms with van der Waals surface area (Å²) >= 11 is 0. The molecule has 2 aromatic rings. The van der Waals surface area contributed by atoms with E-state index in [4.69, 9.17) is 0 Å². The minimum atomic E-state index is 0.0149. The van der Waals surface area contributed by atoms with Crippen molar-refractivity contribution in [3.63, 3.8) is 0 Å². The summed E-state index contributed by atoms with van der Waals surface area (Å²) in [5, 5.41) is 0. The Labute approximate surface area is 220 Å². The number of aryl methyl sites for hydroxylation is 2. The van der Waals surface area contributed by atoms with Gasteiger partial charge in [0.2, 0.25) is 5.91 Å². The maximum Gasteiger partial charge on any atom is 0.261 e. The van der Waals surface area contributed by atoms with Crippen LogP contribution in [0.1, 0.15) is 65.8 Å². The summed E-state index contributed by atoms with van der Waals surface area (Å²) in [6.45, 7) is 11.2.